The van der Waals surface area contributed by atoms with Crippen LogP contribution in [0.5, 0.6) is 0 Å². The van der Waals surface area contributed by atoms with Gasteiger partial charge in [-0.05, 0) is 32.8 Å². The van der Waals surface area contributed by atoms with Gasteiger partial charge in [0.25, 0.3) is 0 Å². The maximum absolute atomic E-state index is 12.5. The predicted molar refractivity (Wildman–Crippen MR) is 65.8 cm³/mol. The molecule has 0 aromatic carbocycles. The van der Waals surface area contributed by atoms with Crippen LogP contribution in [0.1, 0.15) is 34.1 Å². The molecule has 1 rings (SSSR count). The highest BCUT2D eigenvalue weighted by molar-refractivity contribution is 7.55. The van der Waals surface area contributed by atoms with Crippen LogP contribution in [0.3, 0.4) is 0 Å². The van der Waals surface area contributed by atoms with Crippen molar-refractivity contribution in [1.29, 1.82) is 0 Å². The van der Waals surface area contributed by atoms with E-state index >= 15 is 0 Å². The van der Waals surface area contributed by atoms with Gasteiger partial charge in [0.2, 0.25) is 5.91 Å². The summed E-state index contributed by atoms with van der Waals surface area (Å²) >= 11 is 0. The second-order valence-electron chi connectivity index (χ2n) is 3.77. The minimum atomic E-state index is -3.30. The molecule has 1 N–H and O–H groups in total. The van der Waals surface area contributed by atoms with Crippen molar-refractivity contribution in [2.45, 2.75) is 39.9 Å². The van der Waals surface area contributed by atoms with Gasteiger partial charge in [-0.25, -0.2) is 0 Å². The van der Waals surface area contributed by atoms with Crippen molar-refractivity contribution in [2.24, 2.45) is 0 Å². The summed E-state index contributed by atoms with van der Waals surface area (Å²) < 4.78 is 23.0. The van der Waals surface area contributed by atoms with Gasteiger partial charge >= 0.3 is 7.60 Å². The van der Waals surface area contributed by atoms with E-state index in [0.29, 0.717) is 25.2 Å². The lowest BCUT2D eigenvalue weighted by molar-refractivity contribution is -0.117. The van der Waals surface area contributed by atoms with Crippen molar-refractivity contribution in [1.82, 2.24) is 5.32 Å². The predicted octanol–water partition coefficient (Wildman–Crippen LogP) is 2.43. The van der Waals surface area contributed by atoms with Crippen LogP contribution in [0.2, 0.25) is 0 Å². The van der Waals surface area contributed by atoms with E-state index in [-0.39, 0.29) is 5.91 Å². The minimum Gasteiger partial charge on any atom is -0.335 e. The Bertz CT molecular complexity index is 368. The normalized spacial score (nSPS) is 20.9. The largest absolute Gasteiger partial charge is 0.356 e. The molecule has 0 bridgehead atoms. The van der Waals surface area contributed by atoms with Crippen LogP contribution in [0.25, 0.3) is 0 Å². The molecule has 1 unspecified atom stereocenters. The van der Waals surface area contributed by atoms with Crippen molar-refractivity contribution in [3.05, 3.63) is 11.1 Å². The molecule has 0 fully saturated rings. The molecular formula is C11H20NO4P. The van der Waals surface area contributed by atoms with Gasteiger partial charge in [0.1, 0.15) is 0 Å². The number of carbonyl (C=O) groups is 1. The van der Waals surface area contributed by atoms with E-state index in [9.17, 15) is 9.36 Å². The third kappa shape index (κ3) is 2.79. The number of nitrogens with one attached hydrogen (secondary N) is 1. The molecule has 1 atom stereocenters. The Kier molecular flexibility index (Phi) is 4.92. The average molecular weight is 261 g/mol. The van der Waals surface area contributed by atoms with E-state index in [0.717, 1.165) is 5.57 Å². The molecule has 0 aliphatic carbocycles. The molecule has 0 spiro atoms. The molecule has 5 nitrogen and oxygen atoms in total. The first-order chi connectivity index (χ1) is 8.00. The van der Waals surface area contributed by atoms with Gasteiger partial charge in [0.15, 0.2) is 5.78 Å². The lowest BCUT2D eigenvalue weighted by Crippen LogP contribution is -2.30. The molecule has 17 heavy (non-hydrogen) atoms. The Balaban J connectivity index is 3.03. The maximum Gasteiger partial charge on any atom is 0.356 e. The molecule has 1 heterocycles. The summed E-state index contributed by atoms with van der Waals surface area (Å²) in [7, 11) is -3.30. The van der Waals surface area contributed by atoms with Crippen LogP contribution in [0.15, 0.2) is 11.1 Å². The Morgan fingerprint density at radius 1 is 1.24 bits per heavy atom. The zero-order chi connectivity index (χ0) is 13.1. The maximum atomic E-state index is 12.5. The summed E-state index contributed by atoms with van der Waals surface area (Å²) in [4.78, 5) is 11.7. The van der Waals surface area contributed by atoms with Gasteiger partial charge < -0.3 is 14.4 Å². The van der Waals surface area contributed by atoms with Gasteiger partial charge in [0.05, 0.1) is 13.2 Å². The molecule has 0 saturated carbocycles. The van der Waals surface area contributed by atoms with Crippen molar-refractivity contribution >= 4 is 13.5 Å². The van der Waals surface area contributed by atoms with E-state index < -0.39 is 13.4 Å². The quantitative estimate of drug-likeness (QED) is 0.746. The van der Waals surface area contributed by atoms with Crippen LogP contribution in [0, 0.1) is 0 Å². The van der Waals surface area contributed by atoms with Crippen molar-refractivity contribution in [2.75, 3.05) is 13.2 Å². The highest BCUT2D eigenvalue weighted by Crippen LogP contribution is 2.56. The third-order valence-corrected chi connectivity index (χ3v) is 5.10. The van der Waals surface area contributed by atoms with Crippen molar-refractivity contribution < 1.29 is 18.4 Å². The fourth-order valence-corrected chi connectivity index (χ4v) is 3.96. The zero-order valence-corrected chi connectivity index (χ0v) is 11.7. The van der Waals surface area contributed by atoms with E-state index in [2.05, 4.69) is 5.32 Å². The van der Waals surface area contributed by atoms with E-state index in [1.165, 1.54) is 0 Å². The monoisotopic (exact) mass is 261 g/mol. The van der Waals surface area contributed by atoms with E-state index in [1.54, 1.807) is 20.8 Å². The second kappa shape index (κ2) is 5.80. The van der Waals surface area contributed by atoms with Crippen LogP contribution in [0.4, 0.5) is 0 Å². The molecule has 0 aromatic rings. The molecule has 0 saturated heterocycles. The van der Waals surface area contributed by atoms with E-state index in [4.69, 9.17) is 9.05 Å². The number of rotatable bonds is 6. The number of amides is 1. The van der Waals surface area contributed by atoms with Gasteiger partial charge in [0, 0.05) is 5.57 Å². The summed E-state index contributed by atoms with van der Waals surface area (Å²) in [6, 6.07) is 0. The molecule has 1 amide bonds. The summed E-state index contributed by atoms with van der Waals surface area (Å²) in [6.45, 7) is 7.78. The molecule has 0 radical (unpaired) electrons. The highest BCUT2D eigenvalue weighted by atomic mass is 31.2. The Morgan fingerprint density at radius 2 is 1.76 bits per heavy atom. The first-order valence-electron chi connectivity index (χ1n) is 5.89. The molecule has 1 aliphatic heterocycles. The van der Waals surface area contributed by atoms with Gasteiger partial charge in [-0.1, -0.05) is 6.92 Å². The SMILES string of the molecule is CCOP(=O)(OCC)C1NC(=O)C(CC)=C1C. The van der Waals surface area contributed by atoms with Gasteiger partial charge in [-0.15, -0.1) is 0 Å². The van der Waals surface area contributed by atoms with Gasteiger partial charge in [-0.2, -0.15) is 0 Å². The minimum absolute atomic E-state index is 0.172. The number of hydrogen-bond acceptors (Lipinski definition) is 4. The Hall–Kier alpha value is -0.640. The average Bonchev–Trinajstić information content (AvgIpc) is 2.55. The first-order valence-corrected chi connectivity index (χ1v) is 7.50. The van der Waals surface area contributed by atoms with Crippen LogP contribution >= 0.6 is 7.60 Å². The van der Waals surface area contributed by atoms with E-state index in [1.807, 2.05) is 6.92 Å². The Morgan fingerprint density at radius 3 is 2.12 bits per heavy atom. The third-order valence-electron chi connectivity index (χ3n) is 2.72. The summed E-state index contributed by atoms with van der Waals surface area (Å²) in [5.41, 5.74) is 1.44. The van der Waals surface area contributed by atoms with Crippen molar-refractivity contribution in [3.8, 4) is 0 Å². The fraction of sp³-hybridized carbons (Fsp3) is 0.727. The van der Waals surface area contributed by atoms with Gasteiger partial charge in [-0.3, -0.25) is 9.36 Å². The lowest BCUT2D eigenvalue weighted by Gasteiger charge is -2.23. The lowest BCUT2D eigenvalue weighted by atomic mass is 10.1. The summed E-state index contributed by atoms with van der Waals surface area (Å²) in [5, 5.41) is 2.69. The highest BCUT2D eigenvalue weighted by Gasteiger charge is 2.43. The second-order valence-corrected chi connectivity index (χ2v) is 5.88. The smallest absolute Gasteiger partial charge is 0.335 e. The zero-order valence-electron chi connectivity index (χ0n) is 10.8. The molecule has 0 aromatic heterocycles. The standard InChI is InChI=1S/C11H20NO4P/c1-5-9-8(4)11(12-10(9)13)17(14,15-6-2)16-7-3/h11H,5-7H2,1-4H3,(H,12,13). The molecule has 6 heteroatoms. The topological polar surface area (TPSA) is 64.6 Å². The Labute approximate surface area is 102 Å². The summed E-state index contributed by atoms with van der Waals surface area (Å²) in [5.74, 6) is -0.806. The number of carbonyl (C=O) groups excluding carboxylic acids is 1. The van der Waals surface area contributed by atoms with Crippen molar-refractivity contribution in [3.63, 3.8) is 0 Å². The molecule has 98 valence electrons. The fourth-order valence-electron chi connectivity index (χ4n) is 1.97. The first kappa shape index (κ1) is 14.4. The number of hydrogen-bond donors (Lipinski definition) is 1. The summed E-state index contributed by atoms with van der Waals surface area (Å²) in [6.07, 6.45) is 0.617. The van der Waals surface area contributed by atoms with Crippen LogP contribution < -0.4 is 5.32 Å². The van der Waals surface area contributed by atoms with Crippen LogP contribution in [-0.2, 0) is 18.4 Å². The molecule has 1 aliphatic rings. The van der Waals surface area contributed by atoms with Crippen LogP contribution in [-0.4, -0.2) is 24.9 Å². The molecular weight excluding hydrogens is 241 g/mol.